The van der Waals surface area contributed by atoms with E-state index >= 15 is 0 Å². The number of aliphatic hydroxyl groups is 7. The summed E-state index contributed by atoms with van der Waals surface area (Å²) in [7, 11) is 0. The second kappa shape index (κ2) is 19.8. The molecule has 19 nitrogen and oxygen atoms in total. The van der Waals surface area contributed by atoms with E-state index in [1.165, 1.54) is 6.92 Å². The number of fused-ring (bicyclic) bond motifs is 5. The third-order valence-corrected chi connectivity index (χ3v) is 18.3. The molecule has 19 heteroatoms. The van der Waals surface area contributed by atoms with Crippen LogP contribution in [0.4, 0.5) is 0 Å². The SMILES string of the molecule is CC(=O)O[C@H]1CC(OC2[C@@H](O)CC(OC3[C@@H](O)C[C@H](OC4CC[C@@]5(C)C(CCC6C5CC[C@]5(C)C(C7=CC(=O)OC7)CCC65O)C4)O[C@@H]3C)O[C@@H]2C)O[C@H](C)C1OC1O[C@H](CO)[C@@H](O)[C@H](O)C1O. The van der Waals surface area contributed by atoms with Gasteiger partial charge in [0.2, 0.25) is 0 Å². The van der Waals surface area contributed by atoms with Crippen LogP contribution in [0.3, 0.4) is 0 Å². The molecule has 0 amide bonds. The molecule has 4 aliphatic carbocycles. The predicted molar refractivity (Wildman–Crippen MR) is 233 cm³/mol. The van der Waals surface area contributed by atoms with Crippen molar-refractivity contribution in [3.05, 3.63) is 11.6 Å². The molecular weight excluding hydrogens is 893 g/mol. The van der Waals surface area contributed by atoms with Crippen LogP contribution in [-0.2, 0) is 57.0 Å². The third kappa shape index (κ3) is 9.36. The summed E-state index contributed by atoms with van der Waals surface area (Å²) in [5.41, 5.74) is 0.0925. The number of aliphatic hydroxyl groups excluding tert-OH is 6. The zero-order chi connectivity index (χ0) is 48.6. The zero-order valence-corrected chi connectivity index (χ0v) is 40.2. The lowest BCUT2D eigenvalue weighted by molar-refractivity contribution is -0.355. The molecule has 0 radical (unpaired) electrons. The molecule has 8 fully saturated rings. The molecule has 5 heterocycles. The van der Waals surface area contributed by atoms with Crippen LogP contribution < -0.4 is 0 Å². The van der Waals surface area contributed by atoms with Crippen LogP contribution in [0.25, 0.3) is 0 Å². The van der Waals surface area contributed by atoms with Crippen LogP contribution in [0.15, 0.2) is 11.6 Å². The summed E-state index contributed by atoms with van der Waals surface area (Å²) in [5, 5.41) is 76.1. The highest BCUT2D eigenvalue weighted by Gasteiger charge is 2.68. The Balaban J connectivity index is 0.746. The molecule has 0 bridgehead atoms. The summed E-state index contributed by atoms with van der Waals surface area (Å²) < 4.78 is 60.2. The summed E-state index contributed by atoms with van der Waals surface area (Å²) in [6, 6.07) is 0. The Morgan fingerprint density at radius 3 is 1.94 bits per heavy atom. The molecule has 0 aromatic carbocycles. The number of carbonyl (C=O) groups is 2. The molecule has 7 N–H and O–H groups in total. The predicted octanol–water partition coefficient (Wildman–Crippen LogP) is 1.64. The van der Waals surface area contributed by atoms with Gasteiger partial charge >= 0.3 is 11.9 Å². The van der Waals surface area contributed by atoms with Crippen molar-refractivity contribution >= 4 is 11.9 Å². The van der Waals surface area contributed by atoms with E-state index in [1.807, 2.05) is 6.92 Å². The highest BCUT2D eigenvalue weighted by atomic mass is 16.8. The maximum Gasteiger partial charge on any atom is 0.331 e. The fourth-order valence-electron chi connectivity index (χ4n) is 14.6. The molecule has 0 aromatic heterocycles. The fraction of sp³-hybridized carbons (Fsp3) is 0.918. The molecule has 9 rings (SSSR count). The number of hydrogen-bond acceptors (Lipinski definition) is 19. The molecule has 9 aliphatic rings. The standard InChI is InChI=1S/C49H76O19/c1-22-43(66-38-18-33(53)44(23(2)61-38)67-39-19-34(63-25(4)51)45(24(3)62-39)68-46-42(57)41(56)40(55)35(20-50)65-46)32(52)17-37(60-22)64-28-9-12-47(5)27(16-28)7-8-31-30(47)10-13-48(6)29(11-14-49(31,48)58)26-15-36(54)59-21-26/h15,22-24,27-35,37-46,50,52-53,55-58H,7-14,16-21H2,1-6H3/t22-,23-,24-,27?,28?,29?,30?,31?,32+,33+,34+,35-,37+,38?,39?,40-,41+,42?,43?,44?,45?,46?,47+,48-,49?/m1/s1. The lowest BCUT2D eigenvalue weighted by Gasteiger charge is -2.64. The molecule has 0 aromatic rings. The minimum absolute atomic E-state index is 0.0126. The monoisotopic (exact) mass is 968 g/mol. The van der Waals surface area contributed by atoms with Crippen molar-refractivity contribution in [2.75, 3.05) is 13.2 Å². The molecule has 0 spiro atoms. The Morgan fingerprint density at radius 2 is 1.34 bits per heavy atom. The van der Waals surface area contributed by atoms with Crippen molar-refractivity contribution in [1.82, 2.24) is 0 Å². The first-order valence-corrected chi connectivity index (χ1v) is 25.2. The first-order valence-electron chi connectivity index (χ1n) is 25.2. The van der Waals surface area contributed by atoms with Crippen molar-refractivity contribution in [3.8, 4) is 0 Å². The molecule has 25 atom stereocenters. The second-order valence-electron chi connectivity index (χ2n) is 22.1. The van der Waals surface area contributed by atoms with E-state index in [0.29, 0.717) is 18.4 Å². The van der Waals surface area contributed by atoms with E-state index in [4.69, 9.17) is 47.4 Å². The van der Waals surface area contributed by atoms with Crippen LogP contribution in [0.2, 0.25) is 0 Å². The smallest absolute Gasteiger partial charge is 0.331 e. The van der Waals surface area contributed by atoms with Gasteiger partial charge in [0.25, 0.3) is 0 Å². The Bertz CT molecular complexity index is 1810. The van der Waals surface area contributed by atoms with E-state index in [9.17, 15) is 45.3 Å². The topological polar surface area (TPSA) is 268 Å². The highest BCUT2D eigenvalue weighted by molar-refractivity contribution is 5.85. The molecule has 4 saturated carbocycles. The van der Waals surface area contributed by atoms with Crippen LogP contribution >= 0.6 is 0 Å². The first-order chi connectivity index (χ1) is 32.2. The third-order valence-electron chi connectivity index (χ3n) is 18.3. The van der Waals surface area contributed by atoms with E-state index in [1.54, 1.807) is 19.9 Å². The minimum atomic E-state index is -1.68. The number of hydrogen-bond donors (Lipinski definition) is 7. The van der Waals surface area contributed by atoms with Crippen molar-refractivity contribution in [2.45, 2.75) is 235 Å². The van der Waals surface area contributed by atoms with Crippen LogP contribution in [0.5, 0.6) is 0 Å². The van der Waals surface area contributed by atoms with Gasteiger partial charge in [-0.05, 0) is 113 Å². The molecule has 68 heavy (non-hydrogen) atoms. The van der Waals surface area contributed by atoms with Gasteiger partial charge < -0.3 is 83.1 Å². The van der Waals surface area contributed by atoms with Gasteiger partial charge in [0.15, 0.2) is 25.2 Å². The summed E-state index contributed by atoms with van der Waals surface area (Å²) >= 11 is 0. The number of ether oxygens (including phenoxy) is 10. The van der Waals surface area contributed by atoms with Gasteiger partial charge in [-0.25, -0.2) is 4.79 Å². The second-order valence-corrected chi connectivity index (χ2v) is 22.1. The van der Waals surface area contributed by atoms with Gasteiger partial charge in [0.1, 0.15) is 55.4 Å². The molecule has 4 saturated heterocycles. The normalized spacial score (nSPS) is 52.8. The van der Waals surface area contributed by atoms with Gasteiger partial charge in [0, 0.05) is 37.7 Å². The molecule has 386 valence electrons. The van der Waals surface area contributed by atoms with Crippen LogP contribution in [0, 0.1) is 34.5 Å². The number of carbonyl (C=O) groups excluding carboxylic acids is 2. The highest BCUT2D eigenvalue weighted by Crippen LogP contribution is 2.70. The Hall–Kier alpha value is -1.92. The van der Waals surface area contributed by atoms with E-state index in [0.717, 1.165) is 63.4 Å². The van der Waals surface area contributed by atoms with Crippen molar-refractivity contribution in [1.29, 1.82) is 0 Å². The average molecular weight is 969 g/mol. The maximum atomic E-state index is 12.6. The molecule has 5 aliphatic heterocycles. The van der Waals surface area contributed by atoms with Crippen molar-refractivity contribution in [3.63, 3.8) is 0 Å². The maximum absolute atomic E-state index is 12.6. The van der Waals surface area contributed by atoms with E-state index < -0.39 is 123 Å². The molecular formula is C49H76O19. The summed E-state index contributed by atoms with van der Waals surface area (Å²) in [4.78, 5) is 24.2. The average Bonchev–Trinajstić information content (AvgIpc) is 3.83. The summed E-state index contributed by atoms with van der Waals surface area (Å²) in [5.74, 6) is 0.357. The minimum Gasteiger partial charge on any atom is -0.459 e. The van der Waals surface area contributed by atoms with Gasteiger partial charge in [-0.3, -0.25) is 4.79 Å². The van der Waals surface area contributed by atoms with Gasteiger partial charge in [-0.15, -0.1) is 0 Å². The quantitative estimate of drug-likeness (QED) is 0.115. The number of rotatable bonds is 11. The van der Waals surface area contributed by atoms with Crippen molar-refractivity contribution < 1.29 is 92.7 Å². The van der Waals surface area contributed by atoms with Crippen LogP contribution in [0.1, 0.15) is 119 Å². The van der Waals surface area contributed by atoms with Crippen molar-refractivity contribution in [2.24, 2.45) is 34.5 Å². The van der Waals surface area contributed by atoms with Gasteiger partial charge in [0.05, 0.1) is 48.8 Å². The van der Waals surface area contributed by atoms with E-state index in [-0.39, 0.29) is 54.0 Å². The number of cyclic esters (lactones) is 1. The lowest BCUT2D eigenvalue weighted by Crippen LogP contribution is -2.62. The van der Waals surface area contributed by atoms with Gasteiger partial charge in [-0.2, -0.15) is 0 Å². The Morgan fingerprint density at radius 1 is 0.706 bits per heavy atom. The largest absolute Gasteiger partial charge is 0.459 e. The zero-order valence-electron chi connectivity index (χ0n) is 40.2. The lowest BCUT2D eigenvalue weighted by atomic mass is 9.43. The number of esters is 2. The fourth-order valence-corrected chi connectivity index (χ4v) is 14.6. The Labute approximate surface area is 398 Å². The Kier molecular flexibility index (Phi) is 14.9. The van der Waals surface area contributed by atoms with E-state index in [2.05, 4.69) is 13.8 Å². The first kappa shape index (κ1) is 51.0. The molecule has 13 unspecified atom stereocenters. The van der Waals surface area contributed by atoms with Crippen LogP contribution in [-0.4, -0.2) is 177 Å². The van der Waals surface area contributed by atoms with Gasteiger partial charge in [-0.1, -0.05) is 13.8 Å². The summed E-state index contributed by atoms with van der Waals surface area (Å²) in [6.07, 6.45) is -7.65. The summed E-state index contributed by atoms with van der Waals surface area (Å²) in [6.45, 7) is 10.8.